The molecule has 0 saturated heterocycles. The molecule has 0 bridgehead atoms. The zero-order valence-corrected chi connectivity index (χ0v) is 14.3. The van der Waals surface area contributed by atoms with Gasteiger partial charge in [-0.3, -0.25) is 4.79 Å². The Bertz CT molecular complexity index is 1060. The van der Waals surface area contributed by atoms with Crippen molar-refractivity contribution in [3.8, 4) is 0 Å². The molecule has 0 aromatic heterocycles. The van der Waals surface area contributed by atoms with E-state index < -0.39 is 26.4 Å². The van der Waals surface area contributed by atoms with Gasteiger partial charge in [0.15, 0.2) is 0 Å². The van der Waals surface area contributed by atoms with Crippen LogP contribution in [0.1, 0.15) is 5.56 Å². The first-order valence-corrected chi connectivity index (χ1v) is 9.32. The summed E-state index contributed by atoms with van der Waals surface area (Å²) in [5, 5.41) is 4.31. The van der Waals surface area contributed by atoms with Crippen LogP contribution in [0.15, 0.2) is 71.6 Å². The topological polar surface area (TPSA) is 63.2 Å². The minimum Gasteiger partial charge on any atom is -0.325 e. The van der Waals surface area contributed by atoms with Crippen LogP contribution >= 0.6 is 0 Å². The van der Waals surface area contributed by atoms with E-state index in [9.17, 15) is 22.0 Å². The fourth-order valence-electron chi connectivity index (χ4n) is 2.73. The summed E-state index contributed by atoms with van der Waals surface area (Å²) in [6, 6.07) is 18.2. The molecule has 0 unspecified atom stereocenters. The highest BCUT2D eigenvalue weighted by Gasteiger charge is 2.29. The van der Waals surface area contributed by atoms with Gasteiger partial charge in [0.1, 0.15) is 0 Å². The molecule has 134 valence electrons. The molecule has 0 spiro atoms. The quantitative estimate of drug-likeness (QED) is 0.733. The molecular weight excluding hydrogens is 360 g/mol. The summed E-state index contributed by atoms with van der Waals surface area (Å²) in [7, 11) is -4.81. The van der Waals surface area contributed by atoms with Gasteiger partial charge in [0.2, 0.25) is 15.7 Å². The Hall–Kier alpha value is -2.80. The van der Waals surface area contributed by atoms with Gasteiger partial charge >= 0.3 is 5.76 Å². The predicted octanol–water partition coefficient (Wildman–Crippen LogP) is 4.02. The Balaban J connectivity index is 1.88. The molecule has 4 nitrogen and oxygen atoms in total. The fraction of sp³-hybridized carbons (Fsp3) is 0.105. The Morgan fingerprint density at radius 3 is 2.35 bits per heavy atom. The molecule has 0 saturated carbocycles. The average molecular weight is 375 g/mol. The summed E-state index contributed by atoms with van der Waals surface area (Å²) in [5.41, 5.74) is 0.604. The van der Waals surface area contributed by atoms with E-state index in [-0.39, 0.29) is 12.1 Å². The summed E-state index contributed by atoms with van der Waals surface area (Å²) in [6.07, 6.45) is -0.00951. The summed E-state index contributed by atoms with van der Waals surface area (Å²) in [4.78, 5) is 11.8. The largest absolute Gasteiger partial charge is 0.341 e. The minimum absolute atomic E-state index is 0.00951. The van der Waals surface area contributed by atoms with Crippen LogP contribution < -0.4 is 5.32 Å². The first kappa shape index (κ1) is 18.0. The van der Waals surface area contributed by atoms with Crippen molar-refractivity contribution >= 4 is 32.2 Å². The van der Waals surface area contributed by atoms with Gasteiger partial charge in [0.25, 0.3) is 0 Å². The van der Waals surface area contributed by atoms with Crippen molar-refractivity contribution in [3.05, 3.63) is 72.3 Å². The first-order valence-electron chi connectivity index (χ1n) is 7.77. The smallest absolute Gasteiger partial charge is 0.325 e. The average Bonchev–Trinajstić information content (AvgIpc) is 2.62. The van der Waals surface area contributed by atoms with E-state index in [1.54, 1.807) is 6.07 Å². The van der Waals surface area contributed by atoms with Crippen molar-refractivity contribution in [2.75, 3.05) is 5.32 Å². The number of benzene rings is 3. The molecule has 3 aromatic rings. The fourth-order valence-corrected chi connectivity index (χ4v) is 3.61. The number of hydrogen-bond donors (Lipinski definition) is 1. The van der Waals surface area contributed by atoms with Gasteiger partial charge < -0.3 is 5.32 Å². The van der Waals surface area contributed by atoms with E-state index in [0.717, 1.165) is 22.4 Å². The Labute approximate surface area is 149 Å². The van der Waals surface area contributed by atoms with E-state index in [4.69, 9.17) is 0 Å². The molecular formula is C19H15F2NO3S. The molecule has 0 radical (unpaired) electrons. The van der Waals surface area contributed by atoms with E-state index in [0.29, 0.717) is 0 Å². The second-order valence-corrected chi connectivity index (χ2v) is 7.55. The highest BCUT2D eigenvalue weighted by atomic mass is 32.2. The molecule has 3 aromatic carbocycles. The van der Waals surface area contributed by atoms with Gasteiger partial charge in [0, 0.05) is 0 Å². The molecule has 0 atom stereocenters. The maximum atomic E-state index is 12.8. The molecule has 26 heavy (non-hydrogen) atoms. The maximum Gasteiger partial charge on any atom is 0.341 e. The van der Waals surface area contributed by atoms with Crippen LogP contribution in [0.5, 0.6) is 0 Å². The van der Waals surface area contributed by atoms with Gasteiger partial charge in [-0.15, -0.1) is 0 Å². The lowest BCUT2D eigenvalue weighted by Crippen LogP contribution is -2.19. The molecule has 0 aliphatic rings. The van der Waals surface area contributed by atoms with Crippen molar-refractivity contribution in [2.24, 2.45) is 0 Å². The zero-order chi connectivity index (χ0) is 18.7. The molecule has 0 fully saturated rings. The number of carbonyl (C=O) groups is 1. The summed E-state index contributed by atoms with van der Waals surface area (Å²) >= 11 is 0. The van der Waals surface area contributed by atoms with Gasteiger partial charge in [0.05, 0.1) is 17.0 Å². The highest BCUT2D eigenvalue weighted by Crippen LogP contribution is 2.26. The third kappa shape index (κ3) is 3.57. The zero-order valence-electron chi connectivity index (χ0n) is 13.5. The van der Waals surface area contributed by atoms with Crippen molar-refractivity contribution in [1.82, 2.24) is 0 Å². The SMILES string of the molecule is O=C(Cc1cccc2ccccc12)Nc1ccccc1S(=O)(=O)C(F)F. The number of anilines is 1. The van der Waals surface area contributed by atoms with Gasteiger partial charge in [-0.2, -0.15) is 8.78 Å². The van der Waals surface area contributed by atoms with E-state index in [1.807, 2.05) is 36.4 Å². The van der Waals surface area contributed by atoms with E-state index in [1.165, 1.54) is 18.2 Å². The molecule has 1 N–H and O–H groups in total. The van der Waals surface area contributed by atoms with Crippen molar-refractivity contribution < 1.29 is 22.0 Å². The Morgan fingerprint density at radius 2 is 1.58 bits per heavy atom. The van der Waals surface area contributed by atoms with Gasteiger partial charge in [-0.05, 0) is 28.5 Å². The number of sulfone groups is 1. The number of amides is 1. The van der Waals surface area contributed by atoms with Crippen molar-refractivity contribution in [2.45, 2.75) is 17.1 Å². The van der Waals surface area contributed by atoms with E-state index in [2.05, 4.69) is 5.32 Å². The third-order valence-electron chi connectivity index (χ3n) is 3.93. The highest BCUT2D eigenvalue weighted by molar-refractivity contribution is 7.91. The van der Waals surface area contributed by atoms with Gasteiger partial charge in [-0.25, -0.2) is 8.42 Å². The lowest BCUT2D eigenvalue weighted by atomic mass is 10.0. The standard InChI is InChI=1S/C19H15F2NO3S/c20-19(21)26(24,25)17-11-4-3-10-16(17)22-18(23)12-14-8-5-7-13-6-1-2-9-15(13)14/h1-11,19H,12H2,(H,22,23). The number of alkyl halides is 2. The molecule has 0 aliphatic heterocycles. The molecule has 3 rings (SSSR count). The van der Waals surface area contributed by atoms with Crippen LogP contribution in [-0.2, 0) is 21.1 Å². The van der Waals surface area contributed by atoms with Crippen molar-refractivity contribution in [1.29, 1.82) is 0 Å². The second kappa shape index (κ2) is 7.21. The number of nitrogens with one attached hydrogen (secondary N) is 1. The minimum atomic E-state index is -4.81. The number of rotatable bonds is 5. The van der Waals surface area contributed by atoms with Crippen LogP contribution in [0, 0.1) is 0 Å². The van der Waals surface area contributed by atoms with E-state index >= 15 is 0 Å². The summed E-state index contributed by atoms with van der Waals surface area (Å²) in [5.74, 6) is -4.04. The number of fused-ring (bicyclic) bond motifs is 1. The molecule has 0 heterocycles. The summed E-state index contributed by atoms with van der Waals surface area (Å²) < 4.78 is 49.2. The lowest BCUT2D eigenvalue weighted by molar-refractivity contribution is -0.115. The van der Waals surface area contributed by atoms with Crippen LogP contribution in [0.2, 0.25) is 0 Å². The van der Waals surface area contributed by atoms with Crippen LogP contribution in [0.4, 0.5) is 14.5 Å². The summed E-state index contributed by atoms with van der Waals surface area (Å²) in [6.45, 7) is 0. The van der Waals surface area contributed by atoms with Gasteiger partial charge in [-0.1, -0.05) is 54.6 Å². The second-order valence-electron chi connectivity index (χ2n) is 5.67. The lowest BCUT2D eigenvalue weighted by Gasteiger charge is -2.12. The molecule has 1 amide bonds. The number of hydrogen-bond acceptors (Lipinski definition) is 3. The van der Waals surface area contributed by atoms with Crippen LogP contribution in [-0.4, -0.2) is 20.1 Å². The monoisotopic (exact) mass is 375 g/mol. The van der Waals surface area contributed by atoms with Crippen LogP contribution in [0.25, 0.3) is 10.8 Å². The first-order chi connectivity index (χ1) is 12.4. The molecule has 7 heteroatoms. The maximum absolute atomic E-state index is 12.8. The van der Waals surface area contributed by atoms with Crippen LogP contribution in [0.3, 0.4) is 0 Å². The third-order valence-corrected chi connectivity index (χ3v) is 5.37. The predicted molar refractivity (Wildman–Crippen MR) is 95.9 cm³/mol. The number of halogens is 2. The Morgan fingerprint density at radius 1 is 0.923 bits per heavy atom. The Kier molecular flexibility index (Phi) is 4.99. The molecule has 0 aliphatic carbocycles. The number of para-hydroxylation sites is 1. The number of carbonyl (C=O) groups excluding carboxylic acids is 1. The van der Waals surface area contributed by atoms with Crippen molar-refractivity contribution in [3.63, 3.8) is 0 Å². The normalized spacial score (nSPS) is 11.7.